The van der Waals surface area contributed by atoms with Crippen LogP contribution in [0, 0.1) is 5.82 Å². The Morgan fingerprint density at radius 1 is 1.29 bits per heavy atom. The van der Waals surface area contributed by atoms with Crippen LogP contribution in [-0.4, -0.2) is 16.5 Å². The Morgan fingerprint density at radius 2 is 2.06 bits per heavy atom. The van der Waals surface area contributed by atoms with Crippen molar-refractivity contribution in [1.82, 2.24) is 9.97 Å². The SMILES string of the molecule is O=c1[nH]ccnc1NCCc1ccc(F)cc1. The van der Waals surface area contributed by atoms with Crippen molar-refractivity contribution in [3.8, 4) is 0 Å². The number of halogens is 1. The fourth-order valence-electron chi connectivity index (χ4n) is 1.45. The minimum Gasteiger partial charge on any atom is -0.365 e. The molecule has 0 spiro atoms. The van der Waals surface area contributed by atoms with Gasteiger partial charge in [-0.05, 0) is 24.1 Å². The number of anilines is 1. The van der Waals surface area contributed by atoms with Crippen LogP contribution in [0.5, 0.6) is 0 Å². The second-order valence-corrected chi connectivity index (χ2v) is 3.57. The van der Waals surface area contributed by atoms with Crippen molar-refractivity contribution >= 4 is 5.82 Å². The van der Waals surface area contributed by atoms with Crippen LogP contribution >= 0.6 is 0 Å². The van der Waals surface area contributed by atoms with Gasteiger partial charge >= 0.3 is 0 Å². The second-order valence-electron chi connectivity index (χ2n) is 3.57. The lowest BCUT2D eigenvalue weighted by Crippen LogP contribution is -2.17. The molecule has 0 fully saturated rings. The van der Waals surface area contributed by atoms with E-state index in [4.69, 9.17) is 0 Å². The van der Waals surface area contributed by atoms with Crippen LogP contribution in [0.1, 0.15) is 5.56 Å². The van der Waals surface area contributed by atoms with Crippen LogP contribution in [-0.2, 0) is 6.42 Å². The number of nitrogens with zero attached hydrogens (tertiary/aromatic N) is 1. The maximum Gasteiger partial charge on any atom is 0.290 e. The molecule has 1 aromatic carbocycles. The van der Waals surface area contributed by atoms with Gasteiger partial charge in [-0.1, -0.05) is 12.1 Å². The van der Waals surface area contributed by atoms with Crippen LogP contribution in [0.3, 0.4) is 0 Å². The fourth-order valence-corrected chi connectivity index (χ4v) is 1.45. The Kier molecular flexibility index (Phi) is 3.49. The van der Waals surface area contributed by atoms with E-state index in [0.29, 0.717) is 18.8 Å². The van der Waals surface area contributed by atoms with Gasteiger partial charge in [0.1, 0.15) is 5.82 Å². The molecule has 0 bridgehead atoms. The lowest BCUT2D eigenvalue weighted by Gasteiger charge is -2.04. The van der Waals surface area contributed by atoms with Crippen LogP contribution in [0.4, 0.5) is 10.2 Å². The van der Waals surface area contributed by atoms with E-state index in [1.807, 2.05) is 0 Å². The summed E-state index contributed by atoms with van der Waals surface area (Å²) < 4.78 is 12.7. The van der Waals surface area contributed by atoms with Crippen molar-refractivity contribution < 1.29 is 4.39 Å². The predicted octanol–water partition coefficient (Wildman–Crippen LogP) is 1.56. The van der Waals surface area contributed by atoms with Gasteiger partial charge in [0.2, 0.25) is 0 Å². The van der Waals surface area contributed by atoms with Crippen molar-refractivity contribution in [2.75, 3.05) is 11.9 Å². The van der Waals surface area contributed by atoms with E-state index >= 15 is 0 Å². The molecule has 0 amide bonds. The smallest absolute Gasteiger partial charge is 0.290 e. The molecule has 0 aliphatic rings. The highest BCUT2D eigenvalue weighted by molar-refractivity contribution is 5.30. The number of aromatic nitrogens is 2. The summed E-state index contributed by atoms with van der Waals surface area (Å²) in [6.07, 6.45) is 3.70. The largest absolute Gasteiger partial charge is 0.365 e. The summed E-state index contributed by atoms with van der Waals surface area (Å²) in [6, 6.07) is 6.28. The molecular weight excluding hydrogens is 221 g/mol. The molecule has 0 atom stereocenters. The molecule has 17 heavy (non-hydrogen) atoms. The molecule has 88 valence electrons. The highest BCUT2D eigenvalue weighted by atomic mass is 19.1. The first-order valence-electron chi connectivity index (χ1n) is 5.28. The number of hydrogen-bond donors (Lipinski definition) is 2. The highest BCUT2D eigenvalue weighted by Crippen LogP contribution is 2.03. The number of rotatable bonds is 4. The minimum atomic E-state index is -0.247. The molecule has 2 N–H and O–H groups in total. The Labute approximate surface area is 97.5 Å². The lowest BCUT2D eigenvalue weighted by atomic mass is 10.1. The summed E-state index contributed by atoms with van der Waals surface area (Å²) in [5.41, 5.74) is 0.762. The molecule has 0 aliphatic heterocycles. The van der Waals surface area contributed by atoms with E-state index in [-0.39, 0.29) is 11.4 Å². The normalized spacial score (nSPS) is 10.2. The predicted molar refractivity (Wildman–Crippen MR) is 63.5 cm³/mol. The van der Waals surface area contributed by atoms with Gasteiger partial charge < -0.3 is 10.3 Å². The quantitative estimate of drug-likeness (QED) is 0.842. The molecular formula is C12H12FN3O. The summed E-state index contributed by atoms with van der Waals surface area (Å²) in [5.74, 6) is 0.0532. The maximum atomic E-state index is 12.7. The summed E-state index contributed by atoms with van der Waals surface area (Å²) in [5, 5.41) is 2.93. The van der Waals surface area contributed by atoms with Crippen molar-refractivity contribution in [2.24, 2.45) is 0 Å². The molecule has 2 rings (SSSR count). The minimum absolute atomic E-state index is 0.244. The monoisotopic (exact) mass is 233 g/mol. The van der Waals surface area contributed by atoms with Crippen molar-refractivity contribution in [2.45, 2.75) is 6.42 Å². The van der Waals surface area contributed by atoms with Crippen LogP contribution < -0.4 is 10.9 Å². The average molecular weight is 233 g/mol. The fraction of sp³-hybridized carbons (Fsp3) is 0.167. The van der Waals surface area contributed by atoms with E-state index in [1.165, 1.54) is 24.5 Å². The van der Waals surface area contributed by atoms with E-state index < -0.39 is 0 Å². The van der Waals surface area contributed by atoms with Crippen LogP contribution in [0.15, 0.2) is 41.5 Å². The standard InChI is InChI=1S/C12H12FN3O/c13-10-3-1-9(2-4-10)5-6-14-11-12(17)16-8-7-15-11/h1-4,7-8H,5-6H2,(H,14,15)(H,16,17). The Bertz CT molecular complexity index is 536. The third kappa shape index (κ3) is 3.14. The number of aromatic amines is 1. The lowest BCUT2D eigenvalue weighted by molar-refractivity contribution is 0.627. The average Bonchev–Trinajstić information content (AvgIpc) is 2.34. The first kappa shape index (κ1) is 11.3. The molecule has 5 heteroatoms. The zero-order valence-electron chi connectivity index (χ0n) is 9.11. The molecule has 1 aromatic heterocycles. The van der Waals surface area contributed by atoms with Crippen molar-refractivity contribution in [3.05, 3.63) is 58.4 Å². The number of benzene rings is 1. The Balaban J connectivity index is 1.90. The molecule has 1 heterocycles. The van der Waals surface area contributed by atoms with Gasteiger partial charge in [-0.2, -0.15) is 0 Å². The van der Waals surface area contributed by atoms with Gasteiger partial charge in [-0.3, -0.25) is 4.79 Å². The van der Waals surface area contributed by atoms with E-state index in [9.17, 15) is 9.18 Å². The highest BCUT2D eigenvalue weighted by Gasteiger charge is 1.99. The van der Waals surface area contributed by atoms with Crippen molar-refractivity contribution in [3.63, 3.8) is 0 Å². The van der Waals surface area contributed by atoms with Crippen molar-refractivity contribution in [1.29, 1.82) is 0 Å². The van der Waals surface area contributed by atoms with Gasteiger partial charge in [0, 0.05) is 18.9 Å². The number of H-pyrrole nitrogens is 1. The third-order valence-electron chi connectivity index (χ3n) is 2.33. The number of hydrogen-bond acceptors (Lipinski definition) is 3. The van der Waals surface area contributed by atoms with Gasteiger partial charge in [0.25, 0.3) is 5.56 Å². The van der Waals surface area contributed by atoms with Gasteiger partial charge in [-0.25, -0.2) is 9.37 Å². The van der Waals surface area contributed by atoms with Crippen LogP contribution in [0.25, 0.3) is 0 Å². The van der Waals surface area contributed by atoms with Gasteiger partial charge in [-0.15, -0.1) is 0 Å². The Morgan fingerprint density at radius 3 is 2.76 bits per heavy atom. The molecule has 2 aromatic rings. The molecule has 0 saturated carbocycles. The zero-order valence-corrected chi connectivity index (χ0v) is 9.11. The molecule has 4 nitrogen and oxygen atoms in total. The third-order valence-corrected chi connectivity index (χ3v) is 2.33. The summed E-state index contributed by atoms with van der Waals surface area (Å²) in [4.78, 5) is 17.7. The van der Waals surface area contributed by atoms with E-state index in [0.717, 1.165) is 5.56 Å². The van der Waals surface area contributed by atoms with Gasteiger partial charge in [0.15, 0.2) is 5.82 Å². The van der Waals surface area contributed by atoms with Gasteiger partial charge in [0.05, 0.1) is 0 Å². The zero-order chi connectivity index (χ0) is 12.1. The molecule has 0 unspecified atom stereocenters. The topological polar surface area (TPSA) is 57.8 Å². The molecule has 0 radical (unpaired) electrons. The molecule has 0 saturated heterocycles. The van der Waals surface area contributed by atoms with E-state index in [2.05, 4.69) is 15.3 Å². The van der Waals surface area contributed by atoms with E-state index in [1.54, 1.807) is 12.1 Å². The summed E-state index contributed by atoms with van der Waals surface area (Å²) in [7, 11) is 0. The molecule has 0 aliphatic carbocycles. The maximum absolute atomic E-state index is 12.7. The van der Waals surface area contributed by atoms with Crippen LogP contribution in [0.2, 0.25) is 0 Å². The second kappa shape index (κ2) is 5.25. The Hall–Kier alpha value is -2.17. The first-order valence-corrected chi connectivity index (χ1v) is 5.28. The first-order chi connectivity index (χ1) is 8.25. The summed E-state index contributed by atoms with van der Waals surface area (Å²) >= 11 is 0. The number of nitrogens with one attached hydrogen (secondary N) is 2. The summed E-state index contributed by atoms with van der Waals surface area (Å²) in [6.45, 7) is 0.575.